The number of anilines is 1. The van der Waals surface area contributed by atoms with Crippen LogP contribution in [0.5, 0.6) is 0 Å². The summed E-state index contributed by atoms with van der Waals surface area (Å²) in [5.41, 5.74) is 0.602. The predicted octanol–water partition coefficient (Wildman–Crippen LogP) is 3.75. The number of carbonyl (C=O) groups is 3. The second kappa shape index (κ2) is 6.16. The topological polar surface area (TPSA) is 79.6 Å². The number of furan rings is 1. The quantitative estimate of drug-likeness (QED) is 0.553. The molecule has 0 unspecified atom stereocenters. The lowest BCUT2D eigenvalue weighted by Gasteiger charge is -2.26. The first-order valence-corrected chi connectivity index (χ1v) is 8.07. The van der Waals surface area contributed by atoms with Crippen molar-refractivity contribution in [2.75, 3.05) is 4.90 Å². The van der Waals surface area contributed by atoms with Crippen LogP contribution in [0.25, 0.3) is 17.0 Å². The Morgan fingerprint density at radius 1 is 1.00 bits per heavy atom. The van der Waals surface area contributed by atoms with E-state index >= 15 is 0 Å². The number of barbiturate groups is 1. The Kier molecular flexibility index (Phi) is 3.82. The van der Waals surface area contributed by atoms with E-state index in [4.69, 9.17) is 16.0 Å². The molecule has 0 atom stereocenters. The molecule has 2 heterocycles. The largest absolute Gasteiger partial charge is 0.457 e. The first kappa shape index (κ1) is 16.1. The minimum Gasteiger partial charge on any atom is -0.457 e. The molecule has 4 amide bonds. The Hall–Kier alpha value is -3.38. The highest BCUT2D eigenvalue weighted by Gasteiger charge is 2.37. The van der Waals surface area contributed by atoms with Crippen molar-refractivity contribution in [2.45, 2.75) is 0 Å². The highest BCUT2D eigenvalue weighted by atomic mass is 35.5. The lowest BCUT2D eigenvalue weighted by atomic mass is 10.1. The number of fused-ring (bicyclic) bond motifs is 1. The lowest BCUT2D eigenvalue weighted by Crippen LogP contribution is -2.54. The van der Waals surface area contributed by atoms with Crippen molar-refractivity contribution in [1.29, 1.82) is 0 Å². The third kappa shape index (κ3) is 2.66. The van der Waals surface area contributed by atoms with Gasteiger partial charge in [-0.15, -0.1) is 0 Å². The van der Waals surface area contributed by atoms with Gasteiger partial charge < -0.3 is 4.42 Å². The van der Waals surface area contributed by atoms with Crippen LogP contribution in [0.15, 0.2) is 64.6 Å². The number of carbonyl (C=O) groups excluding carboxylic acids is 3. The number of nitrogens with one attached hydrogen (secondary N) is 1. The molecule has 4 rings (SSSR count). The summed E-state index contributed by atoms with van der Waals surface area (Å²) in [6.07, 6.45) is 1.31. The summed E-state index contributed by atoms with van der Waals surface area (Å²) in [5.74, 6) is -1.23. The molecular formula is C19H11ClN2O4. The Bertz CT molecular complexity index is 1070. The van der Waals surface area contributed by atoms with Crippen LogP contribution in [0.4, 0.5) is 10.5 Å². The maximum Gasteiger partial charge on any atom is 0.335 e. The average molecular weight is 367 g/mol. The zero-order valence-electron chi connectivity index (χ0n) is 13.2. The molecule has 1 aliphatic rings. The van der Waals surface area contributed by atoms with E-state index in [1.165, 1.54) is 12.1 Å². The Morgan fingerprint density at radius 3 is 2.50 bits per heavy atom. The van der Waals surface area contributed by atoms with E-state index in [1.807, 2.05) is 18.2 Å². The second-order valence-electron chi connectivity index (χ2n) is 5.60. The molecule has 7 heteroatoms. The van der Waals surface area contributed by atoms with Crippen molar-refractivity contribution < 1.29 is 18.8 Å². The number of halogens is 1. The normalized spacial score (nSPS) is 16.4. The number of amides is 4. The number of para-hydroxylation sites is 2. The van der Waals surface area contributed by atoms with Gasteiger partial charge >= 0.3 is 6.03 Å². The third-order valence-corrected chi connectivity index (χ3v) is 4.25. The molecule has 1 saturated heterocycles. The molecule has 1 N–H and O–H groups in total. The van der Waals surface area contributed by atoms with Crippen LogP contribution < -0.4 is 10.2 Å². The van der Waals surface area contributed by atoms with Crippen molar-refractivity contribution in [3.8, 4) is 0 Å². The molecule has 0 spiro atoms. The summed E-state index contributed by atoms with van der Waals surface area (Å²) >= 11 is 6.09. The Balaban J connectivity index is 1.78. The number of hydrogen-bond acceptors (Lipinski definition) is 4. The van der Waals surface area contributed by atoms with Gasteiger partial charge in [0, 0.05) is 5.39 Å². The maximum atomic E-state index is 12.8. The van der Waals surface area contributed by atoms with Crippen molar-refractivity contribution in [3.63, 3.8) is 0 Å². The minimum atomic E-state index is -0.852. The first-order chi connectivity index (χ1) is 12.5. The van der Waals surface area contributed by atoms with Crippen LogP contribution in [-0.4, -0.2) is 17.8 Å². The molecular weight excluding hydrogens is 356 g/mol. The van der Waals surface area contributed by atoms with Gasteiger partial charge in [0.05, 0.1) is 10.7 Å². The SMILES string of the molecule is O=C1NC(=O)N(c2ccccc2Cl)C(=O)/C1=C/c1cc2ccccc2o1. The summed E-state index contributed by atoms with van der Waals surface area (Å²) in [4.78, 5) is 38.0. The van der Waals surface area contributed by atoms with E-state index in [0.717, 1.165) is 10.3 Å². The van der Waals surface area contributed by atoms with Crippen LogP contribution in [0.2, 0.25) is 5.02 Å². The fraction of sp³-hybridized carbons (Fsp3) is 0. The molecule has 3 aromatic rings. The number of hydrogen-bond donors (Lipinski definition) is 1. The second-order valence-corrected chi connectivity index (χ2v) is 6.00. The maximum absolute atomic E-state index is 12.8. The van der Waals surface area contributed by atoms with Crippen molar-refractivity contribution in [2.24, 2.45) is 0 Å². The predicted molar refractivity (Wildman–Crippen MR) is 96.7 cm³/mol. The fourth-order valence-electron chi connectivity index (χ4n) is 2.73. The molecule has 26 heavy (non-hydrogen) atoms. The van der Waals surface area contributed by atoms with Gasteiger partial charge in [0.1, 0.15) is 16.9 Å². The molecule has 128 valence electrons. The number of benzene rings is 2. The number of rotatable bonds is 2. The molecule has 1 fully saturated rings. The molecule has 1 aromatic heterocycles. The van der Waals surface area contributed by atoms with Gasteiger partial charge in [0.25, 0.3) is 11.8 Å². The monoisotopic (exact) mass is 366 g/mol. The summed E-state index contributed by atoms with van der Waals surface area (Å²) in [6, 6.07) is 14.5. The molecule has 0 saturated carbocycles. The fourth-order valence-corrected chi connectivity index (χ4v) is 2.95. The van der Waals surface area contributed by atoms with E-state index in [2.05, 4.69) is 5.32 Å². The minimum absolute atomic E-state index is 0.194. The van der Waals surface area contributed by atoms with Gasteiger partial charge in [-0.2, -0.15) is 0 Å². The first-order valence-electron chi connectivity index (χ1n) is 7.69. The summed E-state index contributed by atoms with van der Waals surface area (Å²) < 4.78 is 5.62. The van der Waals surface area contributed by atoms with Gasteiger partial charge in [-0.05, 0) is 30.3 Å². The highest BCUT2D eigenvalue weighted by Crippen LogP contribution is 2.29. The number of imide groups is 2. The number of urea groups is 1. The molecule has 2 aromatic carbocycles. The van der Waals surface area contributed by atoms with Crippen LogP contribution in [-0.2, 0) is 9.59 Å². The molecule has 0 aliphatic carbocycles. The highest BCUT2D eigenvalue weighted by molar-refractivity contribution is 6.42. The average Bonchev–Trinajstić information content (AvgIpc) is 3.02. The van der Waals surface area contributed by atoms with E-state index in [9.17, 15) is 14.4 Å². The summed E-state index contributed by atoms with van der Waals surface area (Å²) in [6.45, 7) is 0. The van der Waals surface area contributed by atoms with Crippen LogP contribution in [0, 0.1) is 0 Å². The van der Waals surface area contributed by atoms with Gasteiger partial charge in [-0.1, -0.05) is 41.9 Å². The summed E-state index contributed by atoms with van der Waals surface area (Å²) in [5, 5.41) is 3.20. The zero-order chi connectivity index (χ0) is 18.3. The van der Waals surface area contributed by atoms with E-state index < -0.39 is 17.8 Å². The van der Waals surface area contributed by atoms with Crippen molar-refractivity contribution in [1.82, 2.24) is 5.32 Å². The van der Waals surface area contributed by atoms with Gasteiger partial charge in [-0.25, -0.2) is 9.69 Å². The number of nitrogens with zero attached hydrogens (tertiary/aromatic N) is 1. The Morgan fingerprint density at radius 2 is 1.73 bits per heavy atom. The van der Waals surface area contributed by atoms with Gasteiger partial charge in [0.15, 0.2) is 0 Å². The van der Waals surface area contributed by atoms with Crippen molar-refractivity contribution in [3.05, 3.63) is 71.0 Å². The smallest absolute Gasteiger partial charge is 0.335 e. The molecule has 0 radical (unpaired) electrons. The van der Waals surface area contributed by atoms with Crippen LogP contribution in [0.3, 0.4) is 0 Å². The van der Waals surface area contributed by atoms with Crippen molar-refractivity contribution >= 4 is 52.2 Å². The van der Waals surface area contributed by atoms with Crippen LogP contribution in [0.1, 0.15) is 5.76 Å². The van der Waals surface area contributed by atoms with E-state index in [-0.39, 0.29) is 16.3 Å². The van der Waals surface area contributed by atoms with E-state index in [0.29, 0.717) is 11.3 Å². The van der Waals surface area contributed by atoms with Gasteiger partial charge in [-0.3, -0.25) is 14.9 Å². The standard InChI is InChI=1S/C19H11ClN2O4/c20-14-6-2-3-7-15(14)22-18(24)13(17(23)21-19(22)25)10-12-9-11-5-1-4-8-16(11)26-12/h1-10H,(H,21,23,25)/b13-10+. The van der Waals surface area contributed by atoms with Gasteiger partial charge in [0.2, 0.25) is 0 Å². The zero-order valence-corrected chi connectivity index (χ0v) is 14.0. The molecule has 6 nitrogen and oxygen atoms in total. The molecule has 0 bridgehead atoms. The Labute approximate surface area is 152 Å². The van der Waals surface area contributed by atoms with Crippen LogP contribution >= 0.6 is 11.6 Å². The summed E-state index contributed by atoms with van der Waals surface area (Å²) in [7, 11) is 0. The molecule has 1 aliphatic heterocycles. The lowest BCUT2D eigenvalue weighted by molar-refractivity contribution is -0.122. The van der Waals surface area contributed by atoms with E-state index in [1.54, 1.807) is 30.3 Å². The third-order valence-electron chi connectivity index (χ3n) is 3.93.